The summed E-state index contributed by atoms with van der Waals surface area (Å²) >= 11 is 7.27. The first-order valence-corrected chi connectivity index (χ1v) is 12.4. The Balaban J connectivity index is 1.85. The molecule has 37 heavy (non-hydrogen) atoms. The number of hydrogen-bond acceptors (Lipinski definition) is 8. The summed E-state index contributed by atoms with van der Waals surface area (Å²) in [5, 5.41) is 9.39. The highest BCUT2D eigenvalue weighted by Gasteiger charge is 2.33. The number of esters is 1. The molecule has 1 atom stereocenters. The Morgan fingerprint density at radius 3 is 2.57 bits per heavy atom. The highest BCUT2D eigenvalue weighted by Crippen LogP contribution is 2.31. The van der Waals surface area contributed by atoms with E-state index in [-0.39, 0.29) is 23.5 Å². The molecule has 1 aliphatic heterocycles. The fourth-order valence-corrected chi connectivity index (χ4v) is 5.11. The van der Waals surface area contributed by atoms with Gasteiger partial charge in [-0.2, -0.15) is 0 Å². The quantitative estimate of drug-likeness (QED) is 0.435. The molecule has 0 bridgehead atoms. The average molecular weight is 543 g/mol. The molecule has 0 radical (unpaired) electrons. The molecule has 192 valence electrons. The number of fused-ring (bicyclic) bond motifs is 1. The van der Waals surface area contributed by atoms with Gasteiger partial charge in [0.1, 0.15) is 0 Å². The van der Waals surface area contributed by atoms with Crippen LogP contribution in [0.3, 0.4) is 0 Å². The van der Waals surface area contributed by atoms with Crippen LogP contribution in [0.5, 0.6) is 11.5 Å². The largest absolute Gasteiger partial charge is 0.493 e. The third-order valence-corrected chi connectivity index (χ3v) is 6.77. The number of allylic oxidation sites excluding steroid dienone is 1. The molecule has 1 N–H and O–H groups in total. The molecular formula is C26H23ClN2O7S. The molecule has 0 saturated carbocycles. The number of ether oxygens (including phenoxy) is 3. The predicted octanol–water partition coefficient (Wildman–Crippen LogP) is 2.92. The summed E-state index contributed by atoms with van der Waals surface area (Å²) in [6.07, 6.45) is 1.68. The molecule has 0 spiro atoms. The Hall–Kier alpha value is -3.89. The molecule has 0 saturated heterocycles. The number of carboxylic acid groups (broad SMARTS) is 1. The number of rotatable bonds is 8. The van der Waals surface area contributed by atoms with E-state index < -0.39 is 24.6 Å². The number of methoxy groups -OCH3 is 1. The van der Waals surface area contributed by atoms with Crippen LogP contribution < -0.4 is 24.4 Å². The molecule has 2 aromatic carbocycles. The average Bonchev–Trinajstić information content (AvgIpc) is 3.17. The Kier molecular flexibility index (Phi) is 7.80. The summed E-state index contributed by atoms with van der Waals surface area (Å²) in [6.45, 7) is 3.10. The van der Waals surface area contributed by atoms with Crippen LogP contribution in [0.1, 0.15) is 31.0 Å². The van der Waals surface area contributed by atoms with E-state index in [0.29, 0.717) is 36.9 Å². The van der Waals surface area contributed by atoms with Crippen molar-refractivity contribution in [2.45, 2.75) is 19.9 Å². The summed E-state index contributed by atoms with van der Waals surface area (Å²) in [5.74, 6) is -1.07. The normalized spacial score (nSPS) is 15.1. The first-order chi connectivity index (χ1) is 17.7. The molecule has 0 fully saturated rings. The lowest BCUT2D eigenvalue weighted by atomic mass is 9.96. The SMILES string of the molecule is CCOC(=O)C1=C(C)N=c2sc(=Cc3ccc(OCC(=O)O)c(OC)c3)c(=O)n2[C@@H]1c1ccc(Cl)cc1. The number of hydrogen-bond donors (Lipinski definition) is 1. The van der Waals surface area contributed by atoms with E-state index in [1.54, 1.807) is 62.4 Å². The Morgan fingerprint density at radius 1 is 1.19 bits per heavy atom. The summed E-state index contributed by atoms with van der Waals surface area (Å²) in [4.78, 5) is 42.4. The summed E-state index contributed by atoms with van der Waals surface area (Å²) in [5.41, 5.74) is 1.74. The van der Waals surface area contributed by atoms with Gasteiger partial charge in [0.2, 0.25) is 0 Å². The van der Waals surface area contributed by atoms with Gasteiger partial charge in [0.15, 0.2) is 22.9 Å². The highest BCUT2D eigenvalue weighted by molar-refractivity contribution is 7.07. The van der Waals surface area contributed by atoms with Crippen LogP contribution in [-0.4, -0.2) is 41.9 Å². The number of carbonyl (C=O) groups is 2. The highest BCUT2D eigenvalue weighted by atomic mass is 35.5. The van der Waals surface area contributed by atoms with Crippen LogP contribution in [0, 0.1) is 0 Å². The second kappa shape index (κ2) is 11.0. The molecule has 11 heteroatoms. The van der Waals surface area contributed by atoms with Crippen molar-refractivity contribution in [3.8, 4) is 11.5 Å². The number of carbonyl (C=O) groups excluding carboxylic acids is 1. The first-order valence-electron chi connectivity index (χ1n) is 11.2. The fraction of sp³-hybridized carbons (Fsp3) is 0.231. The van der Waals surface area contributed by atoms with Gasteiger partial charge in [-0.05, 0) is 55.3 Å². The third kappa shape index (κ3) is 5.45. The van der Waals surface area contributed by atoms with Crippen molar-refractivity contribution in [1.82, 2.24) is 4.57 Å². The number of benzene rings is 2. The Morgan fingerprint density at radius 2 is 1.92 bits per heavy atom. The maximum Gasteiger partial charge on any atom is 0.341 e. The van der Waals surface area contributed by atoms with Gasteiger partial charge in [-0.3, -0.25) is 9.36 Å². The van der Waals surface area contributed by atoms with Gasteiger partial charge in [0, 0.05) is 5.02 Å². The van der Waals surface area contributed by atoms with Crippen molar-refractivity contribution in [2.24, 2.45) is 4.99 Å². The lowest BCUT2D eigenvalue weighted by Crippen LogP contribution is -2.39. The smallest absolute Gasteiger partial charge is 0.341 e. The van der Waals surface area contributed by atoms with Crippen molar-refractivity contribution in [1.29, 1.82) is 0 Å². The van der Waals surface area contributed by atoms with Crippen LogP contribution in [0.25, 0.3) is 6.08 Å². The van der Waals surface area contributed by atoms with Gasteiger partial charge in [0.25, 0.3) is 5.56 Å². The molecule has 1 aromatic heterocycles. The second-order valence-corrected chi connectivity index (χ2v) is 9.39. The molecule has 0 aliphatic carbocycles. The van der Waals surface area contributed by atoms with Gasteiger partial charge in [-0.25, -0.2) is 14.6 Å². The summed E-state index contributed by atoms with van der Waals surface area (Å²) in [6, 6.07) is 11.1. The monoisotopic (exact) mass is 542 g/mol. The lowest BCUT2D eigenvalue weighted by Gasteiger charge is -2.24. The van der Waals surface area contributed by atoms with Crippen molar-refractivity contribution in [3.05, 3.63) is 89.6 Å². The standard InChI is InChI=1S/C26H23ClN2O7S/c1-4-35-25(33)22-14(2)28-26-29(23(22)16-6-8-17(27)9-7-16)24(32)20(37-26)12-15-5-10-18(19(11-15)34-3)36-13-21(30)31/h5-12,23H,4,13H2,1-3H3,(H,30,31)/t23-/m1/s1. The van der Waals surface area contributed by atoms with Crippen LogP contribution >= 0.6 is 22.9 Å². The van der Waals surface area contributed by atoms with Gasteiger partial charge in [0.05, 0.1) is 35.6 Å². The lowest BCUT2D eigenvalue weighted by molar-refractivity contribution is -0.140. The number of aromatic nitrogens is 1. The minimum Gasteiger partial charge on any atom is -0.493 e. The predicted molar refractivity (Wildman–Crippen MR) is 138 cm³/mol. The van der Waals surface area contributed by atoms with Crippen molar-refractivity contribution < 1.29 is 28.9 Å². The second-order valence-electron chi connectivity index (χ2n) is 7.95. The topological polar surface area (TPSA) is 116 Å². The zero-order valence-electron chi connectivity index (χ0n) is 20.2. The van der Waals surface area contributed by atoms with Crippen LogP contribution in [0.4, 0.5) is 0 Å². The van der Waals surface area contributed by atoms with E-state index in [9.17, 15) is 14.4 Å². The molecular weight excluding hydrogens is 520 g/mol. The van der Waals surface area contributed by atoms with Crippen molar-refractivity contribution in [2.75, 3.05) is 20.3 Å². The van der Waals surface area contributed by atoms with E-state index in [1.165, 1.54) is 23.0 Å². The number of nitrogens with zero attached hydrogens (tertiary/aromatic N) is 2. The minimum atomic E-state index is -1.11. The van der Waals surface area contributed by atoms with Gasteiger partial charge in [-0.15, -0.1) is 0 Å². The summed E-state index contributed by atoms with van der Waals surface area (Å²) < 4.78 is 17.7. The molecule has 3 aromatic rings. The first kappa shape index (κ1) is 26.2. The third-order valence-electron chi connectivity index (χ3n) is 5.54. The molecule has 0 unspecified atom stereocenters. The van der Waals surface area contributed by atoms with Gasteiger partial charge < -0.3 is 19.3 Å². The van der Waals surface area contributed by atoms with E-state index in [1.807, 2.05) is 0 Å². The number of carboxylic acids is 1. The van der Waals surface area contributed by atoms with Gasteiger partial charge >= 0.3 is 11.9 Å². The van der Waals surface area contributed by atoms with Crippen LogP contribution in [-0.2, 0) is 14.3 Å². The van der Waals surface area contributed by atoms with Crippen molar-refractivity contribution in [3.63, 3.8) is 0 Å². The number of aliphatic carboxylic acids is 1. The Bertz CT molecular complexity index is 1570. The summed E-state index contributed by atoms with van der Waals surface area (Å²) in [7, 11) is 1.44. The Labute approximate surface area is 220 Å². The minimum absolute atomic E-state index is 0.182. The zero-order valence-corrected chi connectivity index (χ0v) is 21.8. The number of thiazole rings is 1. The fourth-order valence-electron chi connectivity index (χ4n) is 3.94. The van der Waals surface area contributed by atoms with E-state index in [2.05, 4.69) is 4.99 Å². The van der Waals surface area contributed by atoms with E-state index in [4.69, 9.17) is 30.9 Å². The van der Waals surface area contributed by atoms with E-state index in [0.717, 1.165) is 0 Å². The molecule has 1 aliphatic rings. The number of halogens is 1. The maximum absolute atomic E-state index is 13.7. The maximum atomic E-state index is 13.7. The van der Waals surface area contributed by atoms with Crippen molar-refractivity contribution >= 4 is 41.0 Å². The molecule has 0 amide bonds. The molecule has 9 nitrogen and oxygen atoms in total. The molecule has 4 rings (SSSR count). The zero-order chi connectivity index (χ0) is 26.7. The van der Waals surface area contributed by atoms with E-state index >= 15 is 0 Å². The molecule has 2 heterocycles. The van der Waals surface area contributed by atoms with Crippen LogP contribution in [0.2, 0.25) is 5.02 Å². The van der Waals surface area contributed by atoms with Gasteiger partial charge in [-0.1, -0.05) is 41.1 Å². The van der Waals surface area contributed by atoms with Crippen LogP contribution in [0.15, 0.2) is 63.5 Å².